The summed E-state index contributed by atoms with van der Waals surface area (Å²) >= 11 is 0. The number of benzene rings is 6. The monoisotopic (exact) mass is 577 g/mol. The quantitative estimate of drug-likeness (QED) is 0.204. The van der Waals surface area contributed by atoms with E-state index < -0.39 is 0 Å². The molecule has 6 aromatic carbocycles. The molecule has 0 bridgehead atoms. The van der Waals surface area contributed by atoms with E-state index in [0.717, 1.165) is 39.8 Å². The Morgan fingerprint density at radius 3 is 1.62 bits per heavy atom. The molecule has 3 heterocycles. The number of rotatable bonds is 5. The normalized spacial score (nSPS) is 11.6. The van der Waals surface area contributed by atoms with Gasteiger partial charge in [0.05, 0.1) is 16.6 Å². The number of fused-ring (bicyclic) bond motifs is 5. The molecule has 0 aliphatic rings. The van der Waals surface area contributed by atoms with Crippen molar-refractivity contribution in [2.45, 2.75) is 0 Å². The number of hydrogen-bond donors (Lipinski definition) is 0. The Morgan fingerprint density at radius 2 is 0.956 bits per heavy atom. The minimum absolute atomic E-state index is 0.809. The topological polar surface area (TPSA) is 40.6 Å². The summed E-state index contributed by atoms with van der Waals surface area (Å²) in [5.41, 5.74) is 8.87. The maximum atomic E-state index is 4.65. The van der Waals surface area contributed by atoms with Gasteiger partial charge in [-0.15, -0.1) is 10.2 Å². The zero-order valence-electron chi connectivity index (χ0n) is 24.3. The van der Waals surface area contributed by atoms with Gasteiger partial charge in [0.25, 0.3) is 0 Å². The van der Waals surface area contributed by atoms with E-state index in [1.807, 2.05) is 36.4 Å². The van der Waals surface area contributed by atoms with Gasteiger partial charge >= 0.3 is 0 Å². The molecule has 0 atom stereocenters. The minimum Gasteiger partial charge on any atom is -0.316 e. The Balaban J connectivity index is 1.23. The maximum absolute atomic E-state index is 4.65. The van der Waals surface area contributed by atoms with E-state index in [0.29, 0.717) is 0 Å². The summed E-state index contributed by atoms with van der Waals surface area (Å²) in [5, 5.41) is 13.0. The molecule has 5 nitrogen and oxygen atoms in total. The lowest BCUT2D eigenvalue weighted by atomic mass is 10.1. The average Bonchev–Trinajstić information content (AvgIpc) is 3.83. The Morgan fingerprint density at radius 1 is 0.400 bits per heavy atom. The van der Waals surface area contributed by atoms with Crippen molar-refractivity contribution in [2.24, 2.45) is 0 Å². The van der Waals surface area contributed by atoms with Crippen LogP contribution in [0.5, 0.6) is 0 Å². The summed E-state index contributed by atoms with van der Waals surface area (Å²) in [4.78, 5) is 0. The van der Waals surface area contributed by atoms with Crippen LogP contribution in [0.15, 0.2) is 164 Å². The molecule has 9 rings (SSSR count). The first-order valence-electron chi connectivity index (χ1n) is 15.1. The third kappa shape index (κ3) is 4.02. The molecule has 9 aromatic rings. The van der Waals surface area contributed by atoms with Gasteiger partial charge in [-0.05, 0) is 54.6 Å². The lowest BCUT2D eigenvalue weighted by Gasteiger charge is -2.13. The molecule has 0 saturated heterocycles. The highest BCUT2D eigenvalue weighted by Gasteiger charge is 2.19. The highest BCUT2D eigenvalue weighted by atomic mass is 15.3. The molecule has 0 saturated carbocycles. The second kappa shape index (κ2) is 10.2. The van der Waals surface area contributed by atoms with Crippen LogP contribution in [0.1, 0.15) is 0 Å². The molecule has 0 aliphatic heterocycles. The zero-order chi connectivity index (χ0) is 29.7. The largest absolute Gasteiger partial charge is 0.316 e. The van der Waals surface area contributed by atoms with Gasteiger partial charge < -0.3 is 9.13 Å². The van der Waals surface area contributed by atoms with Crippen LogP contribution in [0.4, 0.5) is 0 Å². The maximum Gasteiger partial charge on any atom is 0.168 e. The Hall–Kier alpha value is -6.20. The molecule has 0 amide bonds. The smallest absolute Gasteiger partial charge is 0.168 e. The van der Waals surface area contributed by atoms with Crippen LogP contribution in [0.3, 0.4) is 0 Å². The molecule has 45 heavy (non-hydrogen) atoms. The Bertz CT molecular complexity index is 2390. The highest BCUT2D eigenvalue weighted by Crippen LogP contribution is 2.38. The van der Waals surface area contributed by atoms with Gasteiger partial charge in [0, 0.05) is 50.5 Å². The SMILES string of the molecule is c1ccc(-c2nnc(-c3ccccc3)n2-c2ccc(-n3ccc4ccc5c(c6ccccc6n5-c5ccccc5)c43)cc2)cc1. The van der Waals surface area contributed by atoms with Gasteiger partial charge in [0.1, 0.15) is 0 Å². The molecule has 0 aliphatic carbocycles. The molecule has 0 N–H and O–H groups in total. The Labute approximate surface area is 259 Å². The molecular formula is C40H27N5. The number of hydrogen-bond acceptors (Lipinski definition) is 2. The van der Waals surface area contributed by atoms with Crippen LogP contribution in [0, 0.1) is 0 Å². The van der Waals surface area contributed by atoms with Crippen LogP contribution in [0.25, 0.3) is 72.5 Å². The summed E-state index contributed by atoms with van der Waals surface area (Å²) < 4.78 is 6.83. The van der Waals surface area contributed by atoms with E-state index in [1.165, 1.54) is 32.7 Å². The van der Waals surface area contributed by atoms with E-state index in [-0.39, 0.29) is 0 Å². The molecule has 0 fully saturated rings. The van der Waals surface area contributed by atoms with Gasteiger partial charge in [-0.25, -0.2) is 0 Å². The summed E-state index contributed by atoms with van der Waals surface area (Å²) in [7, 11) is 0. The predicted octanol–water partition coefficient (Wildman–Crippen LogP) is 9.64. The molecule has 212 valence electrons. The van der Waals surface area contributed by atoms with Gasteiger partial charge in [-0.1, -0.05) is 103 Å². The third-order valence-corrected chi connectivity index (χ3v) is 8.61. The summed E-state index contributed by atoms with van der Waals surface area (Å²) in [6.45, 7) is 0. The van der Waals surface area contributed by atoms with Crippen molar-refractivity contribution in [3.63, 3.8) is 0 Å². The molecular weight excluding hydrogens is 550 g/mol. The van der Waals surface area contributed by atoms with Crippen LogP contribution in [-0.4, -0.2) is 23.9 Å². The predicted molar refractivity (Wildman–Crippen MR) is 183 cm³/mol. The van der Waals surface area contributed by atoms with Crippen molar-refractivity contribution in [1.82, 2.24) is 23.9 Å². The second-order valence-electron chi connectivity index (χ2n) is 11.2. The zero-order valence-corrected chi connectivity index (χ0v) is 24.3. The van der Waals surface area contributed by atoms with Crippen molar-refractivity contribution in [1.29, 1.82) is 0 Å². The third-order valence-electron chi connectivity index (χ3n) is 8.61. The molecule has 0 unspecified atom stereocenters. The summed E-state index contributed by atoms with van der Waals surface area (Å²) in [5.74, 6) is 1.62. The summed E-state index contributed by atoms with van der Waals surface area (Å²) in [6, 6.07) is 55.2. The number of aromatic nitrogens is 5. The van der Waals surface area contributed by atoms with Crippen LogP contribution < -0.4 is 0 Å². The van der Waals surface area contributed by atoms with E-state index in [2.05, 4.69) is 151 Å². The second-order valence-corrected chi connectivity index (χ2v) is 11.2. The standard InChI is InChI=1S/C40H27N5/c1-4-12-29(13-5-1)39-41-42-40(30-14-6-2-7-15-30)45(39)33-23-21-31(22-24-33)43-27-26-28-20-25-36-37(38(28)43)34-18-10-11-19-35(34)44(36)32-16-8-3-9-17-32/h1-27H. The lowest BCUT2D eigenvalue weighted by Crippen LogP contribution is -2.01. The van der Waals surface area contributed by atoms with Gasteiger partial charge in [0.2, 0.25) is 0 Å². The highest BCUT2D eigenvalue weighted by molar-refractivity contribution is 6.20. The first-order chi connectivity index (χ1) is 22.3. The van der Waals surface area contributed by atoms with Crippen molar-refractivity contribution >= 4 is 32.7 Å². The van der Waals surface area contributed by atoms with E-state index in [1.54, 1.807) is 0 Å². The Kier molecular flexibility index (Phi) is 5.74. The van der Waals surface area contributed by atoms with Crippen molar-refractivity contribution in [3.05, 3.63) is 164 Å². The molecule has 0 radical (unpaired) electrons. The van der Waals surface area contributed by atoms with Gasteiger partial charge in [0.15, 0.2) is 11.6 Å². The van der Waals surface area contributed by atoms with Crippen molar-refractivity contribution in [2.75, 3.05) is 0 Å². The van der Waals surface area contributed by atoms with E-state index in [4.69, 9.17) is 0 Å². The lowest BCUT2D eigenvalue weighted by molar-refractivity contribution is 1.06. The van der Waals surface area contributed by atoms with E-state index >= 15 is 0 Å². The molecule has 3 aromatic heterocycles. The fraction of sp³-hybridized carbons (Fsp3) is 0. The van der Waals surface area contributed by atoms with Crippen molar-refractivity contribution in [3.8, 4) is 39.8 Å². The molecule has 0 spiro atoms. The first-order valence-corrected chi connectivity index (χ1v) is 15.1. The fourth-order valence-corrected chi connectivity index (χ4v) is 6.59. The summed E-state index contributed by atoms with van der Waals surface area (Å²) in [6.07, 6.45) is 2.18. The number of para-hydroxylation sites is 2. The first kappa shape index (κ1) is 25.3. The molecule has 5 heteroatoms. The van der Waals surface area contributed by atoms with Crippen LogP contribution in [-0.2, 0) is 0 Å². The average molecular weight is 578 g/mol. The van der Waals surface area contributed by atoms with Gasteiger partial charge in [-0.2, -0.15) is 0 Å². The van der Waals surface area contributed by atoms with Crippen molar-refractivity contribution < 1.29 is 0 Å². The van der Waals surface area contributed by atoms with E-state index in [9.17, 15) is 0 Å². The fourth-order valence-electron chi connectivity index (χ4n) is 6.59. The van der Waals surface area contributed by atoms with Crippen LogP contribution >= 0.6 is 0 Å². The number of nitrogens with zero attached hydrogens (tertiary/aromatic N) is 5. The van der Waals surface area contributed by atoms with Crippen LogP contribution in [0.2, 0.25) is 0 Å². The minimum atomic E-state index is 0.809. The van der Waals surface area contributed by atoms with Gasteiger partial charge in [-0.3, -0.25) is 4.57 Å².